The topological polar surface area (TPSA) is 49.4 Å². The molecule has 0 unspecified atom stereocenters. The lowest BCUT2D eigenvalue weighted by molar-refractivity contribution is -0.132. The predicted octanol–water partition coefficient (Wildman–Crippen LogP) is 3.60. The van der Waals surface area contributed by atoms with Gasteiger partial charge >= 0.3 is 6.03 Å². The number of benzene rings is 1. The molecule has 3 amide bonds. The highest BCUT2D eigenvalue weighted by Gasteiger charge is 2.48. The first kappa shape index (κ1) is 15.1. The van der Waals surface area contributed by atoms with Crippen molar-refractivity contribution < 1.29 is 9.59 Å². The molecule has 1 aromatic carbocycles. The van der Waals surface area contributed by atoms with Gasteiger partial charge in [-0.15, -0.1) is 0 Å². The first-order valence-electron chi connectivity index (χ1n) is 6.51. The number of carbonyl (C=O) groups excluding carboxylic acids is 2. The third-order valence-electron chi connectivity index (χ3n) is 3.78. The van der Waals surface area contributed by atoms with E-state index in [9.17, 15) is 9.59 Å². The summed E-state index contributed by atoms with van der Waals surface area (Å²) < 4.78 is 0. The normalized spacial score (nSPS) is 17.5. The number of nitrogens with one attached hydrogen (secondary N) is 1. The molecule has 0 saturated carbocycles. The Bertz CT molecular complexity index is 556. The molecule has 0 atom stereocenters. The van der Waals surface area contributed by atoms with E-state index < -0.39 is 5.54 Å². The summed E-state index contributed by atoms with van der Waals surface area (Å²) in [5.74, 6) is -0.182. The Morgan fingerprint density at radius 2 is 1.80 bits per heavy atom. The van der Waals surface area contributed by atoms with Gasteiger partial charge in [-0.05, 0) is 30.5 Å². The Kier molecular flexibility index (Phi) is 4.25. The molecule has 0 radical (unpaired) electrons. The largest absolute Gasteiger partial charge is 0.325 e. The monoisotopic (exact) mass is 314 g/mol. The van der Waals surface area contributed by atoms with Gasteiger partial charge in [-0.2, -0.15) is 0 Å². The summed E-state index contributed by atoms with van der Waals surface area (Å²) in [6, 6.07) is 4.73. The van der Waals surface area contributed by atoms with Crippen LogP contribution in [0.25, 0.3) is 0 Å². The van der Waals surface area contributed by atoms with Crippen molar-refractivity contribution in [2.75, 3.05) is 0 Å². The second kappa shape index (κ2) is 5.62. The van der Waals surface area contributed by atoms with Crippen molar-refractivity contribution in [3.8, 4) is 0 Å². The van der Waals surface area contributed by atoms with E-state index in [0.29, 0.717) is 22.9 Å². The van der Waals surface area contributed by atoms with Crippen LogP contribution in [0.5, 0.6) is 0 Å². The van der Waals surface area contributed by atoms with Crippen molar-refractivity contribution in [3.63, 3.8) is 0 Å². The lowest BCUT2D eigenvalue weighted by Crippen LogP contribution is -2.45. The summed E-state index contributed by atoms with van der Waals surface area (Å²) in [7, 11) is 0. The van der Waals surface area contributed by atoms with Crippen molar-refractivity contribution in [2.45, 2.75) is 38.8 Å². The minimum absolute atomic E-state index is 0.182. The number of halogens is 2. The van der Waals surface area contributed by atoms with Gasteiger partial charge in [0.1, 0.15) is 5.54 Å². The molecule has 0 aliphatic carbocycles. The van der Waals surface area contributed by atoms with Crippen LogP contribution in [0.2, 0.25) is 10.0 Å². The Morgan fingerprint density at radius 1 is 1.15 bits per heavy atom. The molecule has 2 rings (SSSR count). The average Bonchev–Trinajstić information content (AvgIpc) is 2.67. The van der Waals surface area contributed by atoms with Crippen LogP contribution in [-0.4, -0.2) is 22.4 Å². The van der Waals surface area contributed by atoms with E-state index in [-0.39, 0.29) is 18.5 Å². The summed E-state index contributed by atoms with van der Waals surface area (Å²) in [6.07, 6.45) is 1.15. The fraction of sp³-hybridized carbons (Fsp3) is 0.429. The van der Waals surface area contributed by atoms with Crippen LogP contribution in [-0.2, 0) is 11.3 Å². The molecule has 1 aliphatic heterocycles. The minimum Gasteiger partial charge on any atom is -0.323 e. The molecule has 1 saturated heterocycles. The molecule has 4 nitrogen and oxygen atoms in total. The van der Waals surface area contributed by atoms with E-state index >= 15 is 0 Å². The highest BCUT2D eigenvalue weighted by molar-refractivity contribution is 6.42. The molecule has 1 fully saturated rings. The van der Waals surface area contributed by atoms with Crippen LogP contribution in [0.4, 0.5) is 4.79 Å². The molecule has 6 heteroatoms. The highest BCUT2D eigenvalue weighted by atomic mass is 35.5. The number of hydrogen-bond acceptors (Lipinski definition) is 2. The zero-order valence-corrected chi connectivity index (χ0v) is 12.9. The van der Waals surface area contributed by atoms with Gasteiger partial charge in [-0.3, -0.25) is 9.69 Å². The van der Waals surface area contributed by atoms with E-state index in [1.165, 1.54) is 4.90 Å². The average molecular weight is 315 g/mol. The van der Waals surface area contributed by atoms with Gasteiger partial charge in [0.05, 0.1) is 16.6 Å². The summed E-state index contributed by atoms with van der Waals surface area (Å²) in [5, 5.41) is 3.65. The summed E-state index contributed by atoms with van der Waals surface area (Å²) in [5.41, 5.74) is -0.00117. The molecular weight excluding hydrogens is 299 g/mol. The number of carbonyl (C=O) groups is 2. The minimum atomic E-state index is -0.771. The lowest BCUT2D eigenvalue weighted by Gasteiger charge is -2.23. The first-order chi connectivity index (χ1) is 9.43. The van der Waals surface area contributed by atoms with E-state index in [4.69, 9.17) is 23.2 Å². The van der Waals surface area contributed by atoms with Crippen molar-refractivity contribution in [1.82, 2.24) is 10.2 Å². The summed E-state index contributed by atoms with van der Waals surface area (Å²) in [4.78, 5) is 25.7. The van der Waals surface area contributed by atoms with Crippen molar-refractivity contribution in [3.05, 3.63) is 33.8 Å². The fourth-order valence-corrected chi connectivity index (χ4v) is 2.69. The van der Waals surface area contributed by atoms with Gasteiger partial charge in [0, 0.05) is 0 Å². The van der Waals surface area contributed by atoms with Crippen LogP contribution >= 0.6 is 23.2 Å². The van der Waals surface area contributed by atoms with Crippen LogP contribution in [0.1, 0.15) is 32.3 Å². The summed E-state index contributed by atoms with van der Waals surface area (Å²) >= 11 is 11.8. The maximum Gasteiger partial charge on any atom is 0.325 e. The smallest absolute Gasteiger partial charge is 0.323 e. The third-order valence-corrected chi connectivity index (χ3v) is 4.52. The molecular formula is C14H16Cl2N2O2. The zero-order chi connectivity index (χ0) is 14.9. The SMILES string of the molecule is CCC1(CC)NC(=O)N(Cc2ccc(Cl)c(Cl)c2)C1=O. The molecule has 1 N–H and O–H groups in total. The Hall–Kier alpha value is -1.26. The highest BCUT2D eigenvalue weighted by Crippen LogP contribution is 2.28. The van der Waals surface area contributed by atoms with Crippen molar-refractivity contribution in [1.29, 1.82) is 0 Å². The van der Waals surface area contributed by atoms with E-state index in [0.717, 1.165) is 5.56 Å². The quantitative estimate of drug-likeness (QED) is 0.863. The van der Waals surface area contributed by atoms with E-state index in [1.54, 1.807) is 18.2 Å². The van der Waals surface area contributed by atoms with Crippen LogP contribution in [0, 0.1) is 0 Å². The maximum atomic E-state index is 12.4. The Balaban J connectivity index is 2.23. The summed E-state index contributed by atoms with van der Waals surface area (Å²) in [6.45, 7) is 3.98. The molecule has 0 aromatic heterocycles. The number of urea groups is 1. The molecule has 108 valence electrons. The second-order valence-electron chi connectivity index (χ2n) is 4.86. The van der Waals surface area contributed by atoms with Crippen molar-refractivity contribution >= 4 is 35.1 Å². The van der Waals surface area contributed by atoms with Crippen LogP contribution in [0.15, 0.2) is 18.2 Å². The van der Waals surface area contributed by atoms with Crippen molar-refractivity contribution in [2.24, 2.45) is 0 Å². The number of hydrogen-bond donors (Lipinski definition) is 1. The number of rotatable bonds is 4. The van der Waals surface area contributed by atoms with Gasteiger partial charge in [0.2, 0.25) is 0 Å². The van der Waals surface area contributed by atoms with Gasteiger partial charge in [0.15, 0.2) is 0 Å². The molecule has 20 heavy (non-hydrogen) atoms. The number of amides is 3. The van der Waals surface area contributed by atoms with Gasteiger partial charge in [-0.1, -0.05) is 43.1 Å². The lowest BCUT2D eigenvalue weighted by atomic mass is 9.93. The first-order valence-corrected chi connectivity index (χ1v) is 7.27. The fourth-order valence-electron chi connectivity index (χ4n) is 2.37. The Morgan fingerprint density at radius 3 is 2.30 bits per heavy atom. The number of imide groups is 1. The zero-order valence-electron chi connectivity index (χ0n) is 11.4. The number of nitrogens with zero attached hydrogens (tertiary/aromatic N) is 1. The van der Waals surface area contributed by atoms with Crippen LogP contribution in [0.3, 0.4) is 0 Å². The van der Waals surface area contributed by atoms with Gasteiger partial charge < -0.3 is 5.32 Å². The molecule has 0 bridgehead atoms. The standard InChI is InChI=1S/C14H16Cl2N2O2/c1-3-14(4-2)12(19)18(13(20)17-14)8-9-5-6-10(15)11(16)7-9/h5-7H,3-4,8H2,1-2H3,(H,17,20). The second-order valence-corrected chi connectivity index (χ2v) is 5.67. The molecule has 0 spiro atoms. The predicted molar refractivity (Wildman–Crippen MR) is 78.9 cm³/mol. The third kappa shape index (κ3) is 2.50. The maximum absolute atomic E-state index is 12.4. The molecule has 1 heterocycles. The molecule has 1 aromatic rings. The van der Waals surface area contributed by atoms with E-state index in [1.807, 2.05) is 13.8 Å². The van der Waals surface area contributed by atoms with Gasteiger partial charge in [-0.25, -0.2) is 4.79 Å². The van der Waals surface area contributed by atoms with Gasteiger partial charge in [0.25, 0.3) is 5.91 Å². The van der Waals surface area contributed by atoms with E-state index in [2.05, 4.69) is 5.32 Å². The Labute approximate surface area is 128 Å². The van der Waals surface area contributed by atoms with Crippen LogP contribution < -0.4 is 5.32 Å². The molecule has 1 aliphatic rings.